The van der Waals surface area contributed by atoms with Gasteiger partial charge in [0.15, 0.2) is 0 Å². The van der Waals surface area contributed by atoms with Crippen molar-refractivity contribution in [3.05, 3.63) is 0 Å². The predicted molar refractivity (Wildman–Crippen MR) is 54.2 cm³/mol. The summed E-state index contributed by atoms with van der Waals surface area (Å²) in [5, 5.41) is 0. The molecule has 80 valence electrons. The lowest BCUT2D eigenvalue weighted by molar-refractivity contribution is -0.0800. The van der Waals surface area contributed by atoms with Gasteiger partial charge in [0.1, 0.15) is 12.1 Å². The molecule has 14 heavy (non-hydrogen) atoms. The first-order chi connectivity index (χ1) is 6.27. The molecule has 2 heterocycles. The largest absolute Gasteiger partial charge is 0.463 e. The van der Waals surface area contributed by atoms with Crippen LogP contribution in [0.2, 0.25) is 0 Å². The van der Waals surface area contributed by atoms with Gasteiger partial charge in [-0.1, -0.05) is 0 Å². The molecule has 0 aromatic carbocycles. The molecule has 2 rings (SSSR count). The number of aliphatic imine (C=N–C) groups is 1. The van der Waals surface area contributed by atoms with Gasteiger partial charge in [0.05, 0.1) is 11.2 Å². The van der Waals surface area contributed by atoms with Crippen molar-refractivity contribution in [3.8, 4) is 0 Å². The second kappa shape index (κ2) is 2.42. The molecule has 4 nitrogen and oxygen atoms in total. The molecule has 0 amide bonds. The SMILES string of the molecule is CC1(C)CC2(COC(N)=N2)C(C)(C)O1. The molecule has 1 spiro atoms. The highest BCUT2D eigenvalue weighted by Gasteiger charge is 2.60. The van der Waals surface area contributed by atoms with Crippen molar-refractivity contribution in [3.63, 3.8) is 0 Å². The van der Waals surface area contributed by atoms with Crippen molar-refractivity contribution in [1.82, 2.24) is 0 Å². The van der Waals surface area contributed by atoms with Gasteiger partial charge in [-0.15, -0.1) is 0 Å². The van der Waals surface area contributed by atoms with Crippen LogP contribution in [0.5, 0.6) is 0 Å². The standard InChI is InChI=1S/C10H18N2O2/c1-8(2)5-10(9(3,4)14-8)6-13-7(11)12-10/h5-6H2,1-4H3,(H2,11,12). The molecule has 1 saturated heterocycles. The van der Waals surface area contributed by atoms with E-state index in [0.717, 1.165) is 6.42 Å². The fourth-order valence-electron chi connectivity index (χ4n) is 2.61. The van der Waals surface area contributed by atoms with Gasteiger partial charge >= 0.3 is 0 Å². The fourth-order valence-corrected chi connectivity index (χ4v) is 2.61. The maximum absolute atomic E-state index is 5.98. The topological polar surface area (TPSA) is 56.8 Å². The molecule has 0 aromatic rings. The Kier molecular flexibility index (Phi) is 1.69. The molecule has 1 atom stereocenters. The highest BCUT2D eigenvalue weighted by Crippen LogP contribution is 2.48. The summed E-state index contributed by atoms with van der Waals surface area (Å²) in [6.45, 7) is 8.79. The lowest BCUT2D eigenvalue weighted by Crippen LogP contribution is -2.45. The third-order valence-corrected chi connectivity index (χ3v) is 3.15. The minimum atomic E-state index is -0.308. The molecule has 0 bridgehead atoms. The average molecular weight is 198 g/mol. The summed E-state index contributed by atoms with van der Waals surface area (Å²) in [6.07, 6.45) is 0.855. The maximum Gasteiger partial charge on any atom is 0.282 e. The monoisotopic (exact) mass is 198 g/mol. The smallest absolute Gasteiger partial charge is 0.282 e. The van der Waals surface area contributed by atoms with Crippen molar-refractivity contribution in [2.45, 2.75) is 50.9 Å². The van der Waals surface area contributed by atoms with Gasteiger partial charge in [-0.25, -0.2) is 4.99 Å². The van der Waals surface area contributed by atoms with E-state index in [0.29, 0.717) is 12.6 Å². The minimum absolute atomic E-state index is 0.152. The molecule has 0 saturated carbocycles. The zero-order chi connectivity index (χ0) is 10.6. The van der Waals surface area contributed by atoms with Crippen molar-refractivity contribution < 1.29 is 9.47 Å². The molecule has 1 fully saturated rings. The Morgan fingerprint density at radius 1 is 1.29 bits per heavy atom. The summed E-state index contributed by atoms with van der Waals surface area (Å²) < 4.78 is 11.2. The Balaban J connectivity index is 2.37. The molecule has 2 N–H and O–H groups in total. The fraction of sp³-hybridized carbons (Fsp3) is 0.900. The number of hydrogen-bond donors (Lipinski definition) is 1. The quantitative estimate of drug-likeness (QED) is 0.633. The molecule has 2 aliphatic heterocycles. The molecule has 0 aromatic heterocycles. The van der Waals surface area contributed by atoms with Crippen LogP contribution in [0.25, 0.3) is 0 Å². The van der Waals surface area contributed by atoms with Crippen LogP contribution in [0.4, 0.5) is 0 Å². The van der Waals surface area contributed by atoms with Gasteiger partial charge in [0, 0.05) is 6.42 Å². The first-order valence-electron chi connectivity index (χ1n) is 4.95. The van der Waals surface area contributed by atoms with Crippen LogP contribution in [0.1, 0.15) is 34.1 Å². The van der Waals surface area contributed by atoms with Gasteiger partial charge in [-0.3, -0.25) is 0 Å². The first kappa shape index (κ1) is 9.77. The van der Waals surface area contributed by atoms with Crippen LogP contribution in [0.15, 0.2) is 4.99 Å². The van der Waals surface area contributed by atoms with Gasteiger partial charge < -0.3 is 15.2 Å². The minimum Gasteiger partial charge on any atom is -0.463 e. The van der Waals surface area contributed by atoms with E-state index in [1.807, 2.05) is 13.8 Å². The number of hydrogen-bond acceptors (Lipinski definition) is 4. The molecule has 0 radical (unpaired) electrons. The van der Waals surface area contributed by atoms with Crippen molar-refractivity contribution >= 4 is 6.02 Å². The Hall–Kier alpha value is -0.770. The second-order valence-electron chi connectivity index (χ2n) is 5.32. The Morgan fingerprint density at radius 3 is 2.29 bits per heavy atom. The molecule has 4 heteroatoms. The van der Waals surface area contributed by atoms with Crippen molar-refractivity contribution in [2.75, 3.05) is 6.61 Å². The van der Waals surface area contributed by atoms with E-state index in [4.69, 9.17) is 15.2 Å². The summed E-state index contributed by atoms with van der Waals surface area (Å²) in [6, 6.07) is 0.291. The van der Waals surface area contributed by atoms with E-state index >= 15 is 0 Å². The number of amidine groups is 1. The molecule has 2 aliphatic rings. The molecule has 0 aliphatic carbocycles. The predicted octanol–water partition coefficient (Wildman–Crippen LogP) is 1.05. The van der Waals surface area contributed by atoms with E-state index in [9.17, 15) is 0 Å². The Labute approximate surface area is 84.5 Å². The number of rotatable bonds is 0. The van der Waals surface area contributed by atoms with Crippen molar-refractivity contribution in [2.24, 2.45) is 10.7 Å². The van der Waals surface area contributed by atoms with E-state index in [1.165, 1.54) is 0 Å². The van der Waals surface area contributed by atoms with Gasteiger partial charge in [-0.2, -0.15) is 0 Å². The summed E-state index contributed by atoms with van der Waals surface area (Å²) in [4.78, 5) is 4.42. The molecular weight excluding hydrogens is 180 g/mol. The van der Waals surface area contributed by atoms with Gasteiger partial charge in [0.25, 0.3) is 6.02 Å². The first-order valence-corrected chi connectivity index (χ1v) is 4.95. The van der Waals surface area contributed by atoms with Gasteiger partial charge in [-0.05, 0) is 27.7 Å². The lowest BCUT2D eigenvalue weighted by atomic mass is 9.80. The number of nitrogens with zero attached hydrogens (tertiary/aromatic N) is 1. The summed E-state index contributed by atoms with van der Waals surface area (Å²) in [7, 11) is 0. The van der Waals surface area contributed by atoms with E-state index in [1.54, 1.807) is 0 Å². The zero-order valence-electron chi connectivity index (χ0n) is 9.26. The van der Waals surface area contributed by atoms with E-state index in [2.05, 4.69) is 18.8 Å². The van der Waals surface area contributed by atoms with E-state index < -0.39 is 0 Å². The van der Waals surface area contributed by atoms with Crippen molar-refractivity contribution in [1.29, 1.82) is 0 Å². The average Bonchev–Trinajstić information content (AvgIpc) is 2.35. The van der Waals surface area contributed by atoms with Crippen LogP contribution in [-0.2, 0) is 9.47 Å². The van der Waals surface area contributed by atoms with Crippen LogP contribution in [-0.4, -0.2) is 29.4 Å². The highest BCUT2D eigenvalue weighted by atomic mass is 16.5. The maximum atomic E-state index is 5.98. The number of ether oxygens (including phenoxy) is 2. The van der Waals surface area contributed by atoms with E-state index in [-0.39, 0.29) is 16.7 Å². The highest BCUT2D eigenvalue weighted by molar-refractivity contribution is 5.74. The lowest BCUT2D eigenvalue weighted by Gasteiger charge is -2.31. The third-order valence-electron chi connectivity index (χ3n) is 3.15. The zero-order valence-corrected chi connectivity index (χ0v) is 9.26. The summed E-state index contributed by atoms with van der Waals surface area (Å²) in [5.74, 6) is 0. The van der Waals surface area contributed by atoms with Crippen LogP contribution >= 0.6 is 0 Å². The van der Waals surface area contributed by atoms with Crippen LogP contribution in [0.3, 0.4) is 0 Å². The third kappa shape index (κ3) is 1.21. The Morgan fingerprint density at radius 2 is 1.93 bits per heavy atom. The summed E-state index contributed by atoms with van der Waals surface area (Å²) in [5.41, 5.74) is 4.82. The number of nitrogens with two attached hydrogens (primary N) is 1. The second-order valence-corrected chi connectivity index (χ2v) is 5.32. The molecule has 1 unspecified atom stereocenters. The van der Waals surface area contributed by atoms with Gasteiger partial charge in [0.2, 0.25) is 0 Å². The normalized spacial score (nSPS) is 38.4. The van der Waals surface area contributed by atoms with Crippen LogP contribution < -0.4 is 5.73 Å². The molecular formula is C10H18N2O2. The summed E-state index contributed by atoms with van der Waals surface area (Å²) >= 11 is 0. The Bertz CT molecular complexity index is 296. The van der Waals surface area contributed by atoms with Crippen LogP contribution in [0, 0.1) is 0 Å².